The van der Waals surface area contributed by atoms with Crippen molar-refractivity contribution in [2.45, 2.75) is 19.5 Å². The molecule has 2 aromatic rings. The topological polar surface area (TPSA) is 6.48 Å². The molecule has 0 bridgehead atoms. The van der Waals surface area contributed by atoms with Crippen LogP contribution in [0, 0.1) is 0 Å². The first kappa shape index (κ1) is 21.9. The maximum atomic E-state index is 2.39. The van der Waals surface area contributed by atoms with E-state index in [-0.39, 0.29) is 24.8 Å². The van der Waals surface area contributed by atoms with Crippen LogP contribution in [0.4, 0.5) is 0 Å². The van der Waals surface area contributed by atoms with Crippen molar-refractivity contribution in [3.63, 3.8) is 0 Å². The van der Waals surface area contributed by atoms with Crippen LogP contribution in [0.3, 0.4) is 0 Å². The Morgan fingerprint density at radius 3 is 1.30 bits per heavy atom. The summed E-state index contributed by atoms with van der Waals surface area (Å²) in [5, 5.41) is 0. The Morgan fingerprint density at radius 1 is 0.609 bits per heavy atom. The van der Waals surface area contributed by atoms with Crippen LogP contribution in [0.2, 0.25) is 0 Å². The molecule has 2 rings (SSSR count). The van der Waals surface area contributed by atoms with Gasteiger partial charge in [0.15, 0.2) is 0 Å². The van der Waals surface area contributed by atoms with Gasteiger partial charge in [-0.15, -0.1) is 24.8 Å². The lowest BCUT2D eigenvalue weighted by Gasteiger charge is -2.20. The lowest BCUT2D eigenvalue weighted by molar-refractivity contribution is 0.270. The van der Waals surface area contributed by atoms with Crippen molar-refractivity contribution in [3.8, 4) is 0 Å². The van der Waals surface area contributed by atoms with Crippen molar-refractivity contribution in [3.05, 3.63) is 71.8 Å². The fourth-order valence-corrected chi connectivity index (χ4v) is 2.56. The van der Waals surface area contributed by atoms with Gasteiger partial charge in [-0.25, -0.2) is 0 Å². The predicted molar refractivity (Wildman–Crippen MR) is 105 cm³/mol. The van der Waals surface area contributed by atoms with E-state index in [0.717, 1.165) is 26.2 Å². The van der Waals surface area contributed by atoms with Gasteiger partial charge in [0.2, 0.25) is 0 Å². The summed E-state index contributed by atoms with van der Waals surface area (Å²) in [6.45, 7) is 4.33. The van der Waals surface area contributed by atoms with Gasteiger partial charge in [-0.1, -0.05) is 60.7 Å². The molecule has 23 heavy (non-hydrogen) atoms. The molecule has 0 unspecified atom stereocenters. The van der Waals surface area contributed by atoms with E-state index in [4.69, 9.17) is 0 Å². The fraction of sp³-hybridized carbons (Fsp3) is 0.368. The van der Waals surface area contributed by atoms with Gasteiger partial charge in [0.1, 0.15) is 0 Å². The minimum Gasteiger partial charge on any atom is -0.302 e. The van der Waals surface area contributed by atoms with Crippen molar-refractivity contribution < 1.29 is 0 Å². The third-order valence-corrected chi connectivity index (χ3v) is 3.67. The lowest BCUT2D eigenvalue weighted by Crippen LogP contribution is -2.25. The van der Waals surface area contributed by atoms with Crippen molar-refractivity contribution in [2.75, 3.05) is 27.2 Å². The summed E-state index contributed by atoms with van der Waals surface area (Å²) >= 11 is 0. The maximum Gasteiger partial charge on any atom is 0.0230 e. The highest BCUT2D eigenvalue weighted by molar-refractivity contribution is 5.85. The van der Waals surface area contributed by atoms with Gasteiger partial charge in [-0.05, 0) is 44.7 Å². The van der Waals surface area contributed by atoms with Crippen molar-refractivity contribution in [2.24, 2.45) is 0 Å². The van der Waals surface area contributed by atoms with Gasteiger partial charge in [-0.3, -0.25) is 0 Å². The van der Waals surface area contributed by atoms with E-state index in [1.165, 1.54) is 17.5 Å². The molecule has 0 spiro atoms. The van der Waals surface area contributed by atoms with Crippen molar-refractivity contribution >= 4 is 24.8 Å². The van der Waals surface area contributed by atoms with Crippen LogP contribution < -0.4 is 0 Å². The molecular formula is C19H28Cl2N2. The van der Waals surface area contributed by atoms with Crippen LogP contribution in [-0.4, -0.2) is 37.0 Å². The number of hydrogen-bond donors (Lipinski definition) is 0. The Balaban J connectivity index is 0.00000242. The lowest BCUT2D eigenvalue weighted by atomic mass is 10.2. The van der Waals surface area contributed by atoms with Crippen LogP contribution in [0.5, 0.6) is 0 Å². The van der Waals surface area contributed by atoms with Crippen LogP contribution >= 0.6 is 24.8 Å². The minimum atomic E-state index is 0. The van der Waals surface area contributed by atoms with Crippen molar-refractivity contribution in [1.82, 2.24) is 9.80 Å². The number of nitrogens with zero attached hydrogens (tertiary/aromatic N) is 2. The number of hydrogen-bond acceptors (Lipinski definition) is 2. The molecule has 0 aromatic heterocycles. The molecule has 4 heteroatoms. The van der Waals surface area contributed by atoms with E-state index in [0.29, 0.717) is 0 Å². The van der Waals surface area contributed by atoms with E-state index in [1.807, 2.05) is 0 Å². The smallest absolute Gasteiger partial charge is 0.0230 e. The maximum absolute atomic E-state index is 2.39. The monoisotopic (exact) mass is 354 g/mol. The Hall–Kier alpha value is -1.06. The molecule has 2 aromatic carbocycles. The second-order valence-corrected chi connectivity index (χ2v) is 5.80. The molecule has 0 aliphatic rings. The van der Waals surface area contributed by atoms with Gasteiger partial charge in [0.05, 0.1) is 0 Å². The molecule has 0 amide bonds. The Morgan fingerprint density at radius 2 is 0.957 bits per heavy atom. The van der Waals surface area contributed by atoms with Gasteiger partial charge in [-0.2, -0.15) is 0 Å². The zero-order valence-corrected chi connectivity index (χ0v) is 15.7. The van der Waals surface area contributed by atoms with E-state index in [1.54, 1.807) is 0 Å². The summed E-state index contributed by atoms with van der Waals surface area (Å²) < 4.78 is 0. The molecule has 128 valence electrons. The third-order valence-electron chi connectivity index (χ3n) is 3.67. The molecule has 0 aliphatic heterocycles. The number of halogens is 2. The molecule has 2 nitrogen and oxygen atoms in total. The second-order valence-electron chi connectivity index (χ2n) is 5.80. The van der Waals surface area contributed by atoms with E-state index >= 15 is 0 Å². The van der Waals surface area contributed by atoms with Crippen LogP contribution in [-0.2, 0) is 13.1 Å². The average Bonchev–Trinajstić information content (AvgIpc) is 2.49. The zero-order valence-electron chi connectivity index (χ0n) is 14.0. The Kier molecular flexibility index (Phi) is 11.8. The van der Waals surface area contributed by atoms with E-state index < -0.39 is 0 Å². The first-order chi connectivity index (χ1) is 10.2. The molecule has 0 atom stereocenters. The normalized spacial score (nSPS) is 10.3. The molecule has 0 fully saturated rings. The van der Waals surface area contributed by atoms with Gasteiger partial charge in [0.25, 0.3) is 0 Å². The SMILES string of the molecule is CN(CCCN(C)Cc1ccccc1)Cc1ccccc1.Cl.Cl. The average molecular weight is 355 g/mol. The highest BCUT2D eigenvalue weighted by Gasteiger charge is 2.03. The molecule has 0 aliphatic carbocycles. The molecule has 0 radical (unpaired) electrons. The molecule has 0 heterocycles. The number of benzene rings is 2. The van der Waals surface area contributed by atoms with Crippen molar-refractivity contribution in [1.29, 1.82) is 0 Å². The molecule has 0 N–H and O–H groups in total. The summed E-state index contributed by atoms with van der Waals surface area (Å²) in [4.78, 5) is 4.79. The summed E-state index contributed by atoms with van der Waals surface area (Å²) in [6.07, 6.45) is 1.20. The summed E-state index contributed by atoms with van der Waals surface area (Å²) in [5.41, 5.74) is 2.77. The summed E-state index contributed by atoms with van der Waals surface area (Å²) in [6, 6.07) is 21.3. The zero-order chi connectivity index (χ0) is 14.9. The Bertz CT molecular complexity index is 458. The standard InChI is InChI=1S/C19H26N2.2ClH/c1-20(16-18-10-5-3-6-11-18)14-9-15-21(2)17-19-12-7-4-8-13-19;;/h3-8,10-13H,9,14-17H2,1-2H3;2*1H. The number of rotatable bonds is 8. The largest absolute Gasteiger partial charge is 0.302 e. The first-order valence-electron chi connectivity index (χ1n) is 7.69. The van der Waals surface area contributed by atoms with Crippen LogP contribution in [0.15, 0.2) is 60.7 Å². The van der Waals surface area contributed by atoms with Gasteiger partial charge in [0, 0.05) is 13.1 Å². The highest BCUT2D eigenvalue weighted by atomic mass is 35.5. The predicted octanol–water partition coefficient (Wildman–Crippen LogP) is 4.48. The molecular weight excluding hydrogens is 327 g/mol. The summed E-state index contributed by atoms with van der Waals surface area (Å²) in [7, 11) is 4.40. The minimum absolute atomic E-state index is 0. The highest BCUT2D eigenvalue weighted by Crippen LogP contribution is 2.05. The quantitative estimate of drug-likeness (QED) is 0.689. The summed E-state index contributed by atoms with van der Waals surface area (Å²) in [5.74, 6) is 0. The first-order valence-corrected chi connectivity index (χ1v) is 7.69. The molecule has 0 saturated carbocycles. The van der Waals surface area contributed by atoms with Crippen LogP contribution in [0.25, 0.3) is 0 Å². The van der Waals surface area contributed by atoms with E-state index in [2.05, 4.69) is 84.6 Å². The fourth-order valence-electron chi connectivity index (χ4n) is 2.56. The Labute approximate surface area is 153 Å². The second kappa shape index (κ2) is 12.4. The van der Waals surface area contributed by atoms with E-state index in [9.17, 15) is 0 Å². The third kappa shape index (κ3) is 8.97. The molecule has 0 saturated heterocycles. The van der Waals surface area contributed by atoms with Crippen LogP contribution in [0.1, 0.15) is 17.5 Å². The van der Waals surface area contributed by atoms with Gasteiger partial charge >= 0.3 is 0 Å². The van der Waals surface area contributed by atoms with Gasteiger partial charge < -0.3 is 9.80 Å².